The van der Waals surface area contributed by atoms with Crippen LogP contribution in [0.25, 0.3) is 16.9 Å². The van der Waals surface area contributed by atoms with E-state index in [4.69, 9.17) is 9.84 Å². The fourth-order valence-electron chi connectivity index (χ4n) is 5.91. The standard InChI is InChI=1S/C34H43N7O5/c1-22(42)18-35-32(43)27-17-25(19-39(3)33(27)44)30-23(2)31(41(38-30)26-13-9-6-10-14-26)37-34(45)36-29-21-40(15-16-46-4)20-28(29)24-11-7-5-8-12-24/h5-14,17,19,22,28-29,32,35,42-43H,15-16,18,20-21H2,1-4H3,(H2,36,37,45)/t22-,28+,29-,32?/m1/s1. The summed E-state index contributed by atoms with van der Waals surface area (Å²) >= 11 is 0. The number of urea groups is 1. The molecule has 1 fully saturated rings. The lowest BCUT2D eigenvalue weighted by molar-refractivity contribution is 0.107. The Morgan fingerprint density at radius 2 is 1.78 bits per heavy atom. The van der Waals surface area contributed by atoms with Crippen molar-refractivity contribution in [2.24, 2.45) is 7.05 Å². The minimum atomic E-state index is -1.29. The zero-order valence-electron chi connectivity index (χ0n) is 26.7. The quantitative estimate of drug-likeness (QED) is 0.151. The average molecular weight is 630 g/mol. The van der Waals surface area contributed by atoms with Gasteiger partial charge in [0.2, 0.25) is 0 Å². The fraction of sp³-hybridized carbons (Fsp3) is 0.382. The molecular formula is C34H43N7O5. The van der Waals surface area contributed by atoms with Gasteiger partial charge in [-0.05, 0) is 37.6 Å². The Morgan fingerprint density at radius 1 is 1.09 bits per heavy atom. The summed E-state index contributed by atoms with van der Waals surface area (Å²) in [4.78, 5) is 28.9. The van der Waals surface area contributed by atoms with Crippen molar-refractivity contribution in [1.29, 1.82) is 0 Å². The van der Waals surface area contributed by atoms with Crippen molar-refractivity contribution < 1.29 is 19.7 Å². The molecule has 0 bridgehead atoms. The SMILES string of the molecule is COCCN1C[C@@H](NC(=O)Nc2c(C)c(-c3cc(C(O)NC[C@@H](C)O)c(=O)n(C)c3)nn2-c2ccccc2)[C@H](c2ccccc2)C1. The van der Waals surface area contributed by atoms with Crippen LogP contribution in [0.15, 0.2) is 77.7 Å². The number of para-hydroxylation sites is 1. The minimum Gasteiger partial charge on any atom is -0.392 e. The minimum absolute atomic E-state index is 0.107. The van der Waals surface area contributed by atoms with Crippen molar-refractivity contribution in [1.82, 2.24) is 29.9 Å². The number of aryl methyl sites for hydroxylation is 1. The molecule has 2 amide bonds. The van der Waals surface area contributed by atoms with Crippen molar-refractivity contribution in [2.45, 2.75) is 38.1 Å². The predicted octanol–water partition coefficient (Wildman–Crippen LogP) is 2.74. The first-order valence-corrected chi connectivity index (χ1v) is 15.5. The zero-order valence-corrected chi connectivity index (χ0v) is 26.7. The molecule has 12 nitrogen and oxygen atoms in total. The van der Waals surface area contributed by atoms with Crippen LogP contribution in [0.3, 0.4) is 0 Å². The smallest absolute Gasteiger partial charge is 0.320 e. The number of benzene rings is 2. The summed E-state index contributed by atoms with van der Waals surface area (Å²) in [6, 6.07) is 20.8. The van der Waals surface area contributed by atoms with Gasteiger partial charge < -0.3 is 24.8 Å². The number of carbonyl (C=O) groups is 1. The first-order chi connectivity index (χ1) is 22.2. The van der Waals surface area contributed by atoms with E-state index in [1.165, 1.54) is 4.57 Å². The van der Waals surface area contributed by atoms with E-state index in [0.29, 0.717) is 35.8 Å². The number of aliphatic hydroxyl groups excluding tert-OH is 2. The van der Waals surface area contributed by atoms with Gasteiger partial charge in [0.15, 0.2) is 0 Å². The van der Waals surface area contributed by atoms with Crippen LogP contribution in [0.5, 0.6) is 0 Å². The van der Waals surface area contributed by atoms with E-state index < -0.39 is 12.3 Å². The van der Waals surface area contributed by atoms with Gasteiger partial charge in [-0.25, -0.2) is 9.48 Å². The number of rotatable bonds is 12. The lowest BCUT2D eigenvalue weighted by Crippen LogP contribution is -2.42. The van der Waals surface area contributed by atoms with Gasteiger partial charge in [-0.2, -0.15) is 5.10 Å². The number of anilines is 1. The van der Waals surface area contributed by atoms with Gasteiger partial charge in [-0.1, -0.05) is 48.5 Å². The van der Waals surface area contributed by atoms with E-state index in [9.17, 15) is 19.8 Å². The number of amides is 2. The Morgan fingerprint density at radius 3 is 2.46 bits per heavy atom. The van der Waals surface area contributed by atoms with Gasteiger partial charge in [0.1, 0.15) is 12.0 Å². The van der Waals surface area contributed by atoms with Gasteiger partial charge in [0, 0.05) is 63.6 Å². The van der Waals surface area contributed by atoms with Gasteiger partial charge in [-0.15, -0.1) is 0 Å². The van der Waals surface area contributed by atoms with Crippen LogP contribution in [0.1, 0.15) is 35.8 Å². The van der Waals surface area contributed by atoms with Crippen LogP contribution in [0.4, 0.5) is 10.6 Å². The molecule has 5 rings (SSSR count). The number of hydrogen-bond donors (Lipinski definition) is 5. The van der Waals surface area contributed by atoms with Gasteiger partial charge in [0.25, 0.3) is 5.56 Å². The summed E-state index contributed by atoms with van der Waals surface area (Å²) in [7, 11) is 3.29. The second-order valence-corrected chi connectivity index (χ2v) is 11.8. The Balaban J connectivity index is 1.46. The average Bonchev–Trinajstić information content (AvgIpc) is 3.60. The number of ether oxygens (including phenoxy) is 1. The number of likely N-dealkylation sites (tertiary alicyclic amines) is 1. The maximum absolute atomic E-state index is 13.7. The van der Waals surface area contributed by atoms with Crippen molar-refractivity contribution in [3.63, 3.8) is 0 Å². The molecule has 0 saturated carbocycles. The number of methoxy groups -OCH3 is 1. The Bertz CT molecular complexity index is 1670. The molecule has 0 aliphatic carbocycles. The van der Waals surface area contributed by atoms with Crippen LogP contribution in [-0.2, 0) is 11.8 Å². The summed E-state index contributed by atoms with van der Waals surface area (Å²) in [6.07, 6.45) is -0.342. The third-order valence-corrected chi connectivity index (χ3v) is 8.29. The molecule has 2 aromatic heterocycles. The molecule has 2 aromatic carbocycles. The third-order valence-electron chi connectivity index (χ3n) is 8.29. The van der Waals surface area contributed by atoms with Crippen LogP contribution in [-0.4, -0.2) is 87.5 Å². The molecule has 1 aliphatic heterocycles. The highest BCUT2D eigenvalue weighted by Crippen LogP contribution is 2.32. The number of carbonyl (C=O) groups excluding carboxylic acids is 1. The molecule has 4 aromatic rings. The number of hydrogen-bond acceptors (Lipinski definition) is 8. The number of pyridine rings is 1. The molecule has 0 radical (unpaired) electrons. The molecule has 1 aliphatic rings. The zero-order chi connectivity index (χ0) is 32.8. The molecule has 244 valence electrons. The lowest BCUT2D eigenvalue weighted by Gasteiger charge is -2.21. The van der Waals surface area contributed by atoms with Gasteiger partial charge in [0.05, 0.1) is 35.7 Å². The van der Waals surface area contributed by atoms with Crippen LogP contribution >= 0.6 is 0 Å². The van der Waals surface area contributed by atoms with E-state index in [0.717, 1.165) is 24.3 Å². The molecule has 3 heterocycles. The number of nitrogens with zero attached hydrogens (tertiary/aromatic N) is 4. The highest BCUT2D eigenvalue weighted by atomic mass is 16.5. The molecule has 5 N–H and O–H groups in total. The second kappa shape index (κ2) is 14.8. The molecule has 46 heavy (non-hydrogen) atoms. The van der Waals surface area contributed by atoms with Crippen LogP contribution < -0.4 is 21.5 Å². The summed E-state index contributed by atoms with van der Waals surface area (Å²) in [5, 5.41) is 34.3. The highest BCUT2D eigenvalue weighted by Gasteiger charge is 2.35. The van der Waals surface area contributed by atoms with E-state index in [2.05, 4.69) is 33.0 Å². The predicted molar refractivity (Wildman–Crippen MR) is 177 cm³/mol. The Kier molecular flexibility index (Phi) is 10.7. The molecule has 12 heteroatoms. The van der Waals surface area contributed by atoms with Crippen LogP contribution in [0.2, 0.25) is 0 Å². The first kappa shape index (κ1) is 33.0. The number of nitrogens with one attached hydrogen (secondary N) is 3. The molecule has 1 saturated heterocycles. The van der Waals surface area contributed by atoms with Crippen molar-refractivity contribution >= 4 is 11.8 Å². The molecule has 0 spiro atoms. The summed E-state index contributed by atoms with van der Waals surface area (Å²) in [5.74, 6) is 0.588. The first-order valence-electron chi connectivity index (χ1n) is 15.5. The molecular weight excluding hydrogens is 586 g/mol. The normalized spacial score (nSPS) is 18.0. The monoisotopic (exact) mass is 629 g/mol. The lowest BCUT2D eigenvalue weighted by atomic mass is 9.94. The largest absolute Gasteiger partial charge is 0.392 e. The second-order valence-electron chi connectivity index (χ2n) is 11.8. The Labute approximate surface area is 268 Å². The third kappa shape index (κ3) is 7.54. The Hall–Kier alpha value is -4.33. The van der Waals surface area contributed by atoms with Crippen molar-refractivity contribution in [3.8, 4) is 16.9 Å². The fourth-order valence-corrected chi connectivity index (χ4v) is 5.91. The van der Waals surface area contributed by atoms with Gasteiger partial charge >= 0.3 is 6.03 Å². The number of aromatic nitrogens is 3. The summed E-state index contributed by atoms with van der Waals surface area (Å²) in [6.45, 7) is 6.42. The van der Waals surface area contributed by atoms with Crippen molar-refractivity contribution in [3.05, 3.63) is 100.0 Å². The maximum atomic E-state index is 13.7. The molecule has 4 atom stereocenters. The number of aliphatic hydroxyl groups is 2. The summed E-state index contributed by atoms with van der Waals surface area (Å²) < 4.78 is 8.36. The maximum Gasteiger partial charge on any atom is 0.320 e. The van der Waals surface area contributed by atoms with E-state index in [-0.39, 0.29) is 35.7 Å². The topological polar surface area (TPSA) is 146 Å². The summed E-state index contributed by atoms with van der Waals surface area (Å²) in [5.41, 5.74) is 3.44. The highest BCUT2D eigenvalue weighted by molar-refractivity contribution is 5.91. The van der Waals surface area contributed by atoms with Gasteiger partial charge in [-0.3, -0.25) is 20.3 Å². The van der Waals surface area contributed by atoms with E-state index in [1.807, 2.05) is 55.5 Å². The van der Waals surface area contributed by atoms with Crippen LogP contribution in [0, 0.1) is 6.92 Å². The van der Waals surface area contributed by atoms with E-state index >= 15 is 0 Å². The van der Waals surface area contributed by atoms with E-state index in [1.54, 1.807) is 38.0 Å². The molecule has 1 unspecified atom stereocenters. The van der Waals surface area contributed by atoms with Crippen molar-refractivity contribution in [2.75, 3.05) is 45.2 Å².